The lowest BCUT2D eigenvalue weighted by Gasteiger charge is -2.17. The third kappa shape index (κ3) is 4.88. The van der Waals surface area contributed by atoms with E-state index in [2.05, 4.69) is 5.32 Å². The summed E-state index contributed by atoms with van der Waals surface area (Å²) in [4.78, 5) is 13.2. The molecule has 4 nitrogen and oxygen atoms in total. The van der Waals surface area contributed by atoms with E-state index < -0.39 is 17.6 Å². The first-order valence-electron chi connectivity index (χ1n) is 5.69. The Morgan fingerprint density at radius 3 is 2.58 bits per heavy atom. The lowest BCUT2D eigenvalue weighted by Crippen LogP contribution is -2.34. The Kier molecular flexibility index (Phi) is 5.31. The van der Waals surface area contributed by atoms with Crippen LogP contribution in [0, 0.1) is 0 Å². The smallest absolute Gasteiger partial charge is 0.329 e. The minimum absolute atomic E-state index is 0.0105. The van der Waals surface area contributed by atoms with Crippen molar-refractivity contribution in [1.82, 2.24) is 4.90 Å². The predicted octanol–water partition coefficient (Wildman–Crippen LogP) is 1.53. The van der Waals surface area contributed by atoms with Crippen molar-refractivity contribution in [3.63, 3.8) is 0 Å². The fourth-order valence-electron chi connectivity index (χ4n) is 1.57. The Bertz CT molecular complexity index is 434. The number of carbonyl (C=O) groups is 1. The van der Waals surface area contributed by atoms with Gasteiger partial charge in [0.15, 0.2) is 0 Å². The number of anilines is 1. The number of benzene rings is 1. The molecule has 0 unspecified atom stereocenters. The standard InChI is InChI=1S/C12H16F3N3O/c1-18(7-6-16)8-11(19)17-10-5-3-2-4-9(10)12(13,14)15/h2-5H,6-8,16H2,1H3,(H,17,19). The van der Waals surface area contributed by atoms with Crippen molar-refractivity contribution in [1.29, 1.82) is 0 Å². The first-order valence-corrected chi connectivity index (χ1v) is 5.69. The number of hydrogen-bond acceptors (Lipinski definition) is 3. The molecular weight excluding hydrogens is 259 g/mol. The summed E-state index contributed by atoms with van der Waals surface area (Å²) in [6, 6.07) is 4.87. The lowest BCUT2D eigenvalue weighted by molar-refractivity contribution is -0.137. The van der Waals surface area contributed by atoms with Gasteiger partial charge in [0, 0.05) is 13.1 Å². The van der Waals surface area contributed by atoms with E-state index in [4.69, 9.17) is 5.73 Å². The molecule has 0 spiro atoms. The maximum Gasteiger partial charge on any atom is 0.418 e. The average molecular weight is 275 g/mol. The van der Waals surface area contributed by atoms with Gasteiger partial charge in [0.25, 0.3) is 0 Å². The van der Waals surface area contributed by atoms with Crippen molar-refractivity contribution in [3.05, 3.63) is 29.8 Å². The van der Waals surface area contributed by atoms with Crippen LogP contribution in [0.2, 0.25) is 0 Å². The quantitative estimate of drug-likeness (QED) is 0.857. The van der Waals surface area contributed by atoms with Gasteiger partial charge in [-0.3, -0.25) is 9.69 Å². The van der Waals surface area contributed by atoms with Crippen LogP contribution < -0.4 is 11.1 Å². The number of para-hydroxylation sites is 1. The molecule has 1 amide bonds. The number of nitrogens with one attached hydrogen (secondary N) is 1. The van der Waals surface area contributed by atoms with Gasteiger partial charge in [-0.15, -0.1) is 0 Å². The highest BCUT2D eigenvalue weighted by atomic mass is 19.4. The van der Waals surface area contributed by atoms with Gasteiger partial charge in [-0.25, -0.2) is 0 Å². The molecule has 0 aliphatic carbocycles. The number of hydrogen-bond donors (Lipinski definition) is 2. The van der Waals surface area contributed by atoms with Crippen molar-refractivity contribution in [2.45, 2.75) is 6.18 Å². The van der Waals surface area contributed by atoms with E-state index in [1.807, 2.05) is 0 Å². The Labute approximate surface area is 109 Å². The molecule has 7 heteroatoms. The molecule has 0 saturated carbocycles. The second kappa shape index (κ2) is 6.53. The van der Waals surface area contributed by atoms with Crippen LogP contribution in [0.3, 0.4) is 0 Å². The van der Waals surface area contributed by atoms with Crippen LogP contribution in [-0.4, -0.2) is 37.5 Å². The number of halogens is 3. The van der Waals surface area contributed by atoms with E-state index in [-0.39, 0.29) is 12.2 Å². The molecule has 1 aromatic carbocycles. The number of nitrogens with two attached hydrogens (primary N) is 1. The molecule has 3 N–H and O–H groups in total. The average Bonchev–Trinajstić information content (AvgIpc) is 2.28. The van der Waals surface area contributed by atoms with Crippen molar-refractivity contribution in [2.75, 3.05) is 32.0 Å². The van der Waals surface area contributed by atoms with Gasteiger partial charge >= 0.3 is 6.18 Å². The second-order valence-corrected chi connectivity index (χ2v) is 4.12. The van der Waals surface area contributed by atoms with Gasteiger partial charge in [-0.05, 0) is 19.2 Å². The molecule has 0 aliphatic heterocycles. The number of carbonyl (C=O) groups excluding carboxylic acids is 1. The molecule has 0 aliphatic rings. The van der Waals surface area contributed by atoms with Crippen molar-refractivity contribution in [3.8, 4) is 0 Å². The monoisotopic (exact) mass is 275 g/mol. The molecule has 0 heterocycles. The fraction of sp³-hybridized carbons (Fsp3) is 0.417. The molecule has 106 valence electrons. The van der Waals surface area contributed by atoms with Crippen molar-refractivity contribution < 1.29 is 18.0 Å². The van der Waals surface area contributed by atoms with Crippen LogP contribution in [0.15, 0.2) is 24.3 Å². The van der Waals surface area contributed by atoms with Gasteiger partial charge in [0.05, 0.1) is 17.8 Å². The Morgan fingerprint density at radius 2 is 2.00 bits per heavy atom. The summed E-state index contributed by atoms with van der Waals surface area (Å²) in [7, 11) is 1.67. The molecule has 0 bridgehead atoms. The first-order chi connectivity index (χ1) is 8.84. The maximum atomic E-state index is 12.7. The van der Waals surface area contributed by atoms with E-state index in [9.17, 15) is 18.0 Å². The van der Waals surface area contributed by atoms with Crippen LogP contribution in [0.1, 0.15) is 5.56 Å². The van der Waals surface area contributed by atoms with Gasteiger partial charge in [0.1, 0.15) is 0 Å². The summed E-state index contributed by atoms with van der Waals surface area (Å²) in [6.07, 6.45) is -4.49. The highest BCUT2D eigenvalue weighted by molar-refractivity contribution is 5.93. The summed E-state index contributed by atoms with van der Waals surface area (Å²) in [5, 5.41) is 2.26. The Hall–Kier alpha value is -1.60. The molecule has 0 aromatic heterocycles. The van der Waals surface area contributed by atoms with E-state index >= 15 is 0 Å². The minimum atomic E-state index is -4.49. The highest BCUT2D eigenvalue weighted by Crippen LogP contribution is 2.34. The molecular formula is C12H16F3N3O. The first kappa shape index (κ1) is 15.5. The number of likely N-dealkylation sites (N-methyl/N-ethyl adjacent to an activating group) is 1. The molecule has 19 heavy (non-hydrogen) atoms. The fourth-order valence-corrected chi connectivity index (χ4v) is 1.57. The number of rotatable bonds is 5. The molecule has 0 fully saturated rings. The number of nitrogens with zero attached hydrogens (tertiary/aromatic N) is 1. The van der Waals surface area contributed by atoms with Gasteiger partial charge in [-0.2, -0.15) is 13.2 Å². The third-order valence-electron chi connectivity index (χ3n) is 2.43. The van der Waals surface area contributed by atoms with Crippen LogP contribution in [0.5, 0.6) is 0 Å². The van der Waals surface area contributed by atoms with Crippen LogP contribution in [-0.2, 0) is 11.0 Å². The Morgan fingerprint density at radius 1 is 1.37 bits per heavy atom. The minimum Gasteiger partial charge on any atom is -0.329 e. The highest BCUT2D eigenvalue weighted by Gasteiger charge is 2.33. The van der Waals surface area contributed by atoms with Crippen molar-refractivity contribution in [2.24, 2.45) is 5.73 Å². The van der Waals surface area contributed by atoms with E-state index in [1.54, 1.807) is 11.9 Å². The Balaban J connectivity index is 2.75. The summed E-state index contributed by atoms with van der Waals surface area (Å²) >= 11 is 0. The lowest BCUT2D eigenvalue weighted by atomic mass is 10.1. The van der Waals surface area contributed by atoms with Crippen LogP contribution in [0.25, 0.3) is 0 Å². The number of amides is 1. The summed E-state index contributed by atoms with van der Waals surface area (Å²) in [5.41, 5.74) is 4.23. The van der Waals surface area contributed by atoms with E-state index in [0.717, 1.165) is 6.07 Å². The molecule has 0 atom stereocenters. The summed E-state index contributed by atoms with van der Waals surface area (Å²) < 4.78 is 38.1. The maximum absolute atomic E-state index is 12.7. The molecule has 1 aromatic rings. The van der Waals surface area contributed by atoms with Crippen LogP contribution in [0.4, 0.5) is 18.9 Å². The van der Waals surface area contributed by atoms with E-state index in [0.29, 0.717) is 13.1 Å². The zero-order valence-corrected chi connectivity index (χ0v) is 10.5. The largest absolute Gasteiger partial charge is 0.418 e. The van der Waals surface area contributed by atoms with Gasteiger partial charge in [-0.1, -0.05) is 12.1 Å². The summed E-state index contributed by atoms with van der Waals surface area (Å²) in [6.45, 7) is 0.862. The normalized spacial score (nSPS) is 11.7. The number of alkyl halides is 3. The zero-order valence-electron chi connectivity index (χ0n) is 10.5. The van der Waals surface area contributed by atoms with Crippen molar-refractivity contribution >= 4 is 11.6 Å². The zero-order chi connectivity index (χ0) is 14.5. The molecule has 1 rings (SSSR count). The molecule has 0 radical (unpaired) electrons. The SMILES string of the molecule is CN(CCN)CC(=O)Nc1ccccc1C(F)(F)F. The van der Waals surface area contributed by atoms with Gasteiger partial charge < -0.3 is 11.1 Å². The third-order valence-corrected chi connectivity index (χ3v) is 2.43. The summed E-state index contributed by atoms with van der Waals surface area (Å²) in [5.74, 6) is -0.507. The second-order valence-electron chi connectivity index (χ2n) is 4.12. The van der Waals surface area contributed by atoms with E-state index in [1.165, 1.54) is 18.2 Å². The van der Waals surface area contributed by atoms with Gasteiger partial charge in [0.2, 0.25) is 5.91 Å². The topological polar surface area (TPSA) is 58.4 Å². The van der Waals surface area contributed by atoms with Crippen LogP contribution >= 0.6 is 0 Å². The molecule has 0 saturated heterocycles. The predicted molar refractivity (Wildman–Crippen MR) is 66.6 cm³/mol.